The molecule has 0 radical (unpaired) electrons. The maximum atomic E-state index is 2.50. The summed E-state index contributed by atoms with van der Waals surface area (Å²) in [4.78, 5) is 7.51. The van der Waals surface area contributed by atoms with Gasteiger partial charge in [0.25, 0.3) is 0 Å². The maximum Gasteiger partial charge on any atom is 0.0450 e. The Hall–Kier alpha value is -2.51. The maximum absolute atomic E-state index is 2.50. The van der Waals surface area contributed by atoms with E-state index in [1.54, 1.807) is 0 Å². The molecule has 0 N–H and O–H groups in total. The predicted molar refractivity (Wildman–Crippen MR) is 156 cm³/mol. The summed E-state index contributed by atoms with van der Waals surface area (Å²) in [5.74, 6) is 0. The van der Waals surface area contributed by atoms with Gasteiger partial charge in [-0.05, 0) is 67.7 Å². The summed E-state index contributed by atoms with van der Waals surface area (Å²) < 4.78 is 0. The molecule has 0 fully saturated rings. The standard InChI is InChI=1S/C30H42N3P/c1-7-31(8-2)25-19-13-16-22-28(25)34(29-23-17-14-20-26(29)32(9-3)10-4)30-24-18-15-21-27(30)33(11-5)12-6/h13-24H,7-12H2,1-6H3. The van der Waals surface area contributed by atoms with Crippen molar-refractivity contribution in [2.45, 2.75) is 41.5 Å². The molecule has 0 heterocycles. The highest BCUT2D eigenvalue weighted by Crippen LogP contribution is 2.42. The second kappa shape index (κ2) is 12.8. The van der Waals surface area contributed by atoms with Crippen molar-refractivity contribution in [2.75, 3.05) is 54.0 Å². The van der Waals surface area contributed by atoms with Crippen LogP contribution < -0.4 is 30.6 Å². The minimum atomic E-state index is -0.765. The first-order chi connectivity index (χ1) is 16.6. The minimum Gasteiger partial charge on any atom is -0.372 e. The van der Waals surface area contributed by atoms with Crippen LogP contribution in [0.4, 0.5) is 17.1 Å². The van der Waals surface area contributed by atoms with E-state index in [1.807, 2.05) is 0 Å². The Morgan fingerprint density at radius 2 is 0.647 bits per heavy atom. The fourth-order valence-corrected chi connectivity index (χ4v) is 7.66. The van der Waals surface area contributed by atoms with Crippen LogP contribution in [0.15, 0.2) is 72.8 Å². The average Bonchev–Trinajstić information content (AvgIpc) is 2.89. The van der Waals surface area contributed by atoms with Crippen molar-refractivity contribution in [3.8, 4) is 0 Å². The van der Waals surface area contributed by atoms with Gasteiger partial charge in [0.2, 0.25) is 0 Å². The minimum absolute atomic E-state index is 0.765. The van der Waals surface area contributed by atoms with E-state index in [0.717, 1.165) is 39.3 Å². The molecule has 3 aromatic rings. The van der Waals surface area contributed by atoms with E-state index in [4.69, 9.17) is 0 Å². The summed E-state index contributed by atoms with van der Waals surface area (Å²) in [5, 5.41) is 4.33. The zero-order valence-corrected chi connectivity index (χ0v) is 22.9. The lowest BCUT2D eigenvalue weighted by Gasteiger charge is -2.34. The van der Waals surface area contributed by atoms with Gasteiger partial charge in [0.1, 0.15) is 0 Å². The third-order valence-electron chi connectivity index (χ3n) is 6.68. The lowest BCUT2D eigenvalue weighted by Crippen LogP contribution is -2.35. The summed E-state index contributed by atoms with van der Waals surface area (Å²) >= 11 is 0. The molecule has 0 spiro atoms. The van der Waals surface area contributed by atoms with Gasteiger partial charge < -0.3 is 14.7 Å². The van der Waals surface area contributed by atoms with Crippen molar-refractivity contribution < 1.29 is 0 Å². The lowest BCUT2D eigenvalue weighted by atomic mass is 10.2. The van der Waals surface area contributed by atoms with Gasteiger partial charge in [-0.1, -0.05) is 54.6 Å². The molecule has 4 heteroatoms. The molecule has 0 saturated carbocycles. The van der Waals surface area contributed by atoms with Gasteiger partial charge in [-0.25, -0.2) is 0 Å². The summed E-state index contributed by atoms with van der Waals surface area (Å²) in [6, 6.07) is 27.3. The molecule has 0 atom stereocenters. The van der Waals surface area contributed by atoms with Crippen LogP contribution in [-0.2, 0) is 0 Å². The Balaban J connectivity index is 2.37. The molecule has 3 aromatic carbocycles. The summed E-state index contributed by atoms with van der Waals surface area (Å²) in [6.07, 6.45) is 0. The van der Waals surface area contributed by atoms with Gasteiger partial charge in [-0.2, -0.15) is 0 Å². The molecule has 182 valence electrons. The highest BCUT2D eigenvalue weighted by molar-refractivity contribution is 7.80. The Kier molecular flexibility index (Phi) is 9.84. The number of benzene rings is 3. The largest absolute Gasteiger partial charge is 0.372 e. The van der Waals surface area contributed by atoms with Gasteiger partial charge in [-0.3, -0.25) is 0 Å². The fourth-order valence-electron chi connectivity index (χ4n) is 4.84. The number of nitrogens with zero attached hydrogens (tertiary/aromatic N) is 3. The molecule has 34 heavy (non-hydrogen) atoms. The quantitative estimate of drug-likeness (QED) is 0.298. The third-order valence-corrected chi connectivity index (χ3v) is 9.26. The molecular formula is C30H42N3P. The van der Waals surface area contributed by atoms with Gasteiger partial charge in [0.15, 0.2) is 0 Å². The van der Waals surface area contributed by atoms with Crippen molar-refractivity contribution in [1.82, 2.24) is 0 Å². The molecule has 0 saturated heterocycles. The first-order valence-electron chi connectivity index (χ1n) is 13.0. The van der Waals surface area contributed by atoms with Crippen molar-refractivity contribution in [2.24, 2.45) is 0 Å². The lowest BCUT2D eigenvalue weighted by molar-refractivity contribution is 0.868. The first kappa shape index (κ1) is 26.1. The number of para-hydroxylation sites is 3. The normalized spacial score (nSPS) is 11.0. The number of anilines is 3. The van der Waals surface area contributed by atoms with Crippen LogP contribution in [0, 0.1) is 0 Å². The molecule has 0 bridgehead atoms. The Morgan fingerprint density at radius 1 is 0.412 bits per heavy atom. The monoisotopic (exact) mass is 475 g/mol. The van der Waals surface area contributed by atoms with Crippen LogP contribution >= 0.6 is 7.92 Å². The van der Waals surface area contributed by atoms with Crippen molar-refractivity contribution >= 4 is 40.9 Å². The summed E-state index contributed by atoms with van der Waals surface area (Å²) in [6.45, 7) is 19.6. The van der Waals surface area contributed by atoms with E-state index in [0.29, 0.717) is 0 Å². The summed E-state index contributed by atoms with van der Waals surface area (Å²) in [5.41, 5.74) is 4.09. The molecule has 3 nitrogen and oxygen atoms in total. The van der Waals surface area contributed by atoms with E-state index in [2.05, 4.69) is 129 Å². The second-order valence-electron chi connectivity index (χ2n) is 8.32. The molecular weight excluding hydrogens is 433 g/mol. The van der Waals surface area contributed by atoms with Crippen LogP contribution in [0.25, 0.3) is 0 Å². The van der Waals surface area contributed by atoms with Gasteiger partial charge in [-0.15, -0.1) is 0 Å². The molecule has 0 aliphatic heterocycles. The molecule has 0 unspecified atom stereocenters. The molecule has 3 rings (SSSR count). The van der Waals surface area contributed by atoms with Gasteiger partial charge >= 0.3 is 0 Å². The number of hydrogen-bond acceptors (Lipinski definition) is 3. The first-order valence-corrected chi connectivity index (χ1v) is 14.3. The van der Waals surface area contributed by atoms with Crippen LogP contribution in [-0.4, -0.2) is 39.3 Å². The van der Waals surface area contributed by atoms with Gasteiger partial charge in [0, 0.05) is 72.2 Å². The molecule has 0 aliphatic rings. The van der Waals surface area contributed by atoms with Crippen molar-refractivity contribution in [3.05, 3.63) is 72.8 Å². The van der Waals surface area contributed by atoms with E-state index in [9.17, 15) is 0 Å². The van der Waals surface area contributed by atoms with Gasteiger partial charge in [0.05, 0.1) is 0 Å². The van der Waals surface area contributed by atoms with Crippen LogP contribution in [0.5, 0.6) is 0 Å². The Morgan fingerprint density at radius 3 is 0.882 bits per heavy atom. The second-order valence-corrected chi connectivity index (χ2v) is 10.4. The predicted octanol–water partition coefficient (Wildman–Crippen LogP) is 5.98. The number of hydrogen-bond donors (Lipinski definition) is 0. The molecule has 0 aliphatic carbocycles. The molecule has 0 amide bonds. The average molecular weight is 476 g/mol. The van der Waals surface area contributed by atoms with E-state index >= 15 is 0 Å². The third kappa shape index (κ3) is 5.41. The Labute approximate surface area is 209 Å². The smallest absolute Gasteiger partial charge is 0.0450 e. The van der Waals surface area contributed by atoms with Crippen LogP contribution in [0.1, 0.15) is 41.5 Å². The Bertz CT molecular complexity index is 891. The van der Waals surface area contributed by atoms with E-state index in [-0.39, 0.29) is 0 Å². The van der Waals surface area contributed by atoms with Crippen molar-refractivity contribution in [3.63, 3.8) is 0 Å². The highest BCUT2D eigenvalue weighted by Gasteiger charge is 2.27. The topological polar surface area (TPSA) is 9.72 Å². The zero-order chi connectivity index (χ0) is 24.5. The highest BCUT2D eigenvalue weighted by atomic mass is 31.1. The number of rotatable bonds is 12. The fraction of sp³-hybridized carbons (Fsp3) is 0.400. The summed E-state index contributed by atoms with van der Waals surface area (Å²) in [7, 11) is -0.765. The zero-order valence-electron chi connectivity index (χ0n) is 22.0. The van der Waals surface area contributed by atoms with E-state index < -0.39 is 7.92 Å². The molecule has 0 aromatic heterocycles. The SMILES string of the molecule is CCN(CC)c1ccccc1P(c1ccccc1N(CC)CC)c1ccccc1N(CC)CC. The van der Waals surface area contributed by atoms with Crippen molar-refractivity contribution in [1.29, 1.82) is 0 Å². The van der Waals surface area contributed by atoms with Crippen LogP contribution in [0.3, 0.4) is 0 Å². The van der Waals surface area contributed by atoms with Crippen LogP contribution in [0.2, 0.25) is 0 Å². The van der Waals surface area contributed by atoms with E-state index in [1.165, 1.54) is 33.0 Å².